The fourth-order valence-corrected chi connectivity index (χ4v) is 3.52. The number of hydrogen-bond donors (Lipinski definition) is 1. The Morgan fingerprint density at radius 2 is 1.89 bits per heavy atom. The number of unbranched alkanes of at least 4 members (excludes halogenated alkanes) is 5. The molecule has 112 valence electrons. The lowest BCUT2D eigenvalue weighted by Gasteiger charge is -2.28. The Balaban J connectivity index is 2.03. The third kappa shape index (κ3) is 7.96. The summed E-state index contributed by atoms with van der Waals surface area (Å²) in [5.41, 5.74) is 0. The van der Waals surface area contributed by atoms with Crippen LogP contribution in [0.4, 0.5) is 0 Å². The largest absolute Gasteiger partial charge is 0.353 e. The molecular formula is C16H30BrNO. The van der Waals surface area contributed by atoms with Gasteiger partial charge in [-0.05, 0) is 31.6 Å². The lowest BCUT2D eigenvalue weighted by molar-refractivity contribution is -0.122. The van der Waals surface area contributed by atoms with Crippen molar-refractivity contribution in [3.8, 4) is 0 Å². The molecule has 1 amide bonds. The van der Waals surface area contributed by atoms with E-state index in [1.165, 1.54) is 51.4 Å². The van der Waals surface area contributed by atoms with Gasteiger partial charge < -0.3 is 5.32 Å². The third-order valence-corrected chi connectivity index (χ3v) is 5.04. The molecule has 0 bridgehead atoms. The van der Waals surface area contributed by atoms with Crippen LogP contribution in [0.3, 0.4) is 0 Å². The molecule has 3 heteroatoms. The molecule has 0 saturated heterocycles. The minimum atomic E-state index is 0.274. The van der Waals surface area contributed by atoms with Crippen LogP contribution in [0.25, 0.3) is 0 Å². The van der Waals surface area contributed by atoms with Crippen molar-refractivity contribution < 1.29 is 4.79 Å². The maximum atomic E-state index is 11.9. The Hall–Kier alpha value is -0.0500. The van der Waals surface area contributed by atoms with E-state index < -0.39 is 0 Å². The fraction of sp³-hybridized carbons (Fsp3) is 0.938. The second-order valence-corrected chi connectivity index (χ2v) is 6.62. The van der Waals surface area contributed by atoms with Crippen molar-refractivity contribution >= 4 is 21.8 Å². The Morgan fingerprint density at radius 3 is 2.63 bits per heavy atom. The van der Waals surface area contributed by atoms with Crippen molar-refractivity contribution in [3.63, 3.8) is 0 Å². The van der Waals surface area contributed by atoms with Gasteiger partial charge >= 0.3 is 0 Å². The molecule has 1 rings (SSSR count). The van der Waals surface area contributed by atoms with Gasteiger partial charge in [0.05, 0.1) is 0 Å². The van der Waals surface area contributed by atoms with E-state index in [4.69, 9.17) is 0 Å². The van der Waals surface area contributed by atoms with E-state index in [0.29, 0.717) is 6.04 Å². The monoisotopic (exact) mass is 331 g/mol. The molecule has 0 spiro atoms. The van der Waals surface area contributed by atoms with Crippen molar-refractivity contribution in [1.29, 1.82) is 0 Å². The quantitative estimate of drug-likeness (QED) is 0.476. The van der Waals surface area contributed by atoms with Crippen LogP contribution in [0.5, 0.6) is 0 Å². The van der Waals surface area contributed by atoms with E-state index >= 15 is 0 Å². The summed E-state index contributed by atoms with van der Waals surface area (Å²) in [6.07, 6.45) is 13.1. The predicted molar refractivity (Wildman–Crippen MR) is 85.7 cm³/mol. The summed E-state index contributed by atoms with van der Waals surface area (Å²) >= 11 is 3.56. The first-order valence-electron chi connectivity index (χ1n) is 8.11. The second-order valence-electron chi connectivity index (χ2n) is 5.97. The van der Waals surface area contributed by atoms with Crippen LogP contribution in [-0.4, -0.2) is 17.3 Å². The van der Waals surface area contributed by atoms with Crippen LogP contribution in [-0.2, 0) is 4.79 Å². The summed E-state index contributed by atoms with van der Waals surface area (Å²) in [5.74, 6) is 1.03. The van der Waals surface area contributed by atoms with Gasteiger partial charge in [0.1, 0.15) is 0 Å². The van der Waals surface area contributed by atoms with Gasteiger partial charge in [0.2, 0.25) is 5.91 Å². The minimum absolute atomic E-state index is 0.274. The molecule has 0 aromatic carbocycles. The van der Waals surface area contributed by atoms with Crippen LogP contribution in [0.2, 0.25) is 0 Å². The second kappa shape index (κ2) is 10.7. The molecule has 1 aliphatic carbocycles. The van der Waals surface area contributed by atoms with Crippen LogP contribution in [0.15, 0.2) is 0 Å². The third-order valence-electron chi connectivity index (χ3n) is 4.12. The van der Waals surface area contributed by atoms with E-state index in [9.17, 15) is 4.79 Å². The molecule has 0 aliphatic heterocycles. The van der Waals surface area contributed by atoms with Crippen molar-refractivity contribution in [2.24, 2.45) is 5.92 Å². The van der Waals surface area contributed by atoms with Gasteiger partial charge in [-0.3, -0.25) is 4.79 Å². The van der Waals surface area contributed by atoms with Crippen molar-refractivity contribution in [2.75, 3.05) is 5.33 Å². The van der Waals surface area contributed by atoms with Crippen molar-refractivity contribution in [3.05, 3.63) is 0 Å². The van der Waals surface area contributed by atoms with Crippen LogP contribution in [0, 0.1) is 5.92 Å². The number of alkyl halides is 1. The highest BCUT2D eigenvalue weighted by Crippen LogP contribution is 2.25. The highest BCUT2D eigenvalue weighted by atomic mass is 79.9. The Labute approximate surface area is 127 Å². The first-order valence-corrected chi connectivity index (χ1v) is 9.23. The molecule has 0 aromatic rings. The zero-order valence-electron chi connectivity index (χ0n) is 12.4. The summed E-state index contributed by atoms with van der Waals surface area (Å²) < 4.78 is 0. The van der Waals surface area contributed by atoms with Gasteiger partial charge in [-0.1, -0.05) is 61.4 Å². The molecule has 19 heavy (non-hydrogen) atoms. The lowest BCUT2D eigenvalue weighted by atomic mass is 9.87. The predicted octanol–water partition coefficient (Wildman–Crippen LogP) is 4.81. The summed E-state index contributed by atoms with van der Waals surface area (Å²) in [4.78, 5) is 11.9. The summed E-state index contributed by atoms with van der Waals surface area (Å²) in [5, 5.41) is 4.31. The maximum Gasteiger partial charge on any atom is 0.220 e. The Bertz CT molecular complexity index is 245. The SMILES string of the molecule is CCCCCCCCC(=O)NC1CCCC(CBr)C1. The normalized spacial score (nSPS) is 23.3. The highest BCUT2D eigenvalue weighted by molar-refractivity contribution is 9.09. The topological polar surface area (TPSA) is 29.1 Å². The van der Waals surface area contributed by atoms with Gasteiger partial charge in [0.15, 0.2) is 0 Å². The number of rotatable bonds is 9. The van der Waals surface area contributed by atoms with Crippen LogP contribution >= 0.6 is 15.9 Å². The Kier molecular flexibility index (Phi) is 9.58. The fourth-order valence-electron chi connectivity index (χ4n) is 2.93. The van der Waals surface area contributed by atoms with Crippen molar-refractivity contribution in [2.45, 2.75) is 83.6 Å². The number of carbonyl (C=O) groups is 1. The van der Waals surface area contributed by atoms with Gasteiger partial charge in [-0.2, -0.15) is 0 Å². The number of nitrogens with one attached hydrogen (secondary N) is 1. The average molecular weight is 332 g/mol. The molecule has 2 unspecified atom stereocenters. The van der Waals surface area contributed by atoms with Gasteiger partial charge in [-0.15, -0.1) is 0 Å². The van der Waals surface area contributed by atoms with Gasteiger partial charge in [0.25, 0.3) is 0 Å². The Morgan fingerprint density at radius 1 is 1.16 bits per heavy atom. The smallest absolute Gasteiger partial charge is 0.220 e. The van der Waals surface area contributed by atoms with E-state index in [-0.39, 0.29) is 5.91 Å². The summed E-state index contributed by atoms with van der Waals surface area (Å²) in [6, 6.07) is 0.434. The van der Waals surface area contributed by atoms with Gasteiger partial charge in [-0.25, -0.2) is 0 Å². The number of hydrogen-bond acceptors (Lipinski definition) is 1. The van der Waals surface area contributed by atoms with Gasteiger partial charge in [0, 0.05) is 17.8 Å². The van der Waals surface area contributed by atoms with E-state index in [1.807, 2.05) is 0 Å². The molecule has 0 heterocycles. The molecule has 0 aromatic heterocycles. The average Bonchev–Trinajstić information content (AvgIpc) is 2.43. The first kappa shape index (κ1) is 17.0. The number of amides is 1. The zero-order valence-corrected chi connectivity index (χ0v) is 14.0. The molecule has 0 radical (unpaired) electrons. The van der Waals surface area contributed by atoms with Crippen molar-refractivity contribution in [1.82, 2.24) is 5.32 Å². The molecular weight excluding hydrogens is 302 g/mol. The highest BCUT2D eigenvalue weighted by Gasteiger charge is 2.22. The lowest BCUT2D eigenvalue weighted by Crippen LogP contribution is -2.38. The molecule has 2 nitrogen and oxygen atoms in total. The molecule has 1 saturated carbocycles. The minimum Gasteiger partial charge on any atom is -0.353 e. The summed E-state index contributed by atoms with van der Waals surface area (Å²) in [6.45, 7) is 2.23. The molecule has 2 atom stereocenters. The van der Waals surface area contributed by atoms with E-state index in [1.54, 1.807) is 0 Å². The van der Waals surface area contributed by atoms with E-state index in [0.717, 1.165) is 30.5 Å². The maximum absolute atomic E-state index is 11.9. The first-order chi connectivity index (χ1) is 9.26. The molecule has 1 aliphatic rings. The number of halogens is 1. The van der Waals surface area contributed by atoms with Crippen LogP contribution < -0.4 is 5.32 Å². The van der Waals surface area contributed by atoms with Crippen LogP contribution in [0.1, 0.15) is 77.6 Å². The number of carbonyl (C=O) groups excluding carboxylic acids is 1. The molecule has 1 fully saturated rings. The zero-order chi connectivity index (χ0) is 13.9. The van der Waals surface area contributed by atoms with E-state index in [2.05, 4.69) is 28.2 Å². The molecule has 1 N–H and O–H groups in total. The standard InChI is InChI=1S/C16H30BrNO/c1-2-3-4-5-6-7-11-16(19)18-15-10-8-9-14(12-15)13-17/h14-15H,2-13H2,1H3,(H,18,19). The summed E-state index contributed by atoms with van der Waals surface area (Å²) in [7, 11) is 0.